The molecule has 0 aliphatic rings. The van der Waals surface area contributed by atoms with Crippen molar-refractivity contribution in [3.8, 4) is 5.75 Å². The van der Waals surface area contributed by atoms with E-state index in [9.17, 15) is 4.79 Å². The third-order valence-electron chi connectivity index (χ3n) is 2.27. The van der Waals surface area contributed by atoms with E-state index in [2.05, 4.69) is 15.5 Å². The monoisotopic (exact) mass is 289 g/mol. The van der Waals surface area contributed by atoms with E-state index in [1.807, 2.05) is 0 Å². The summed E-state index contributed by atoms with van der Waals surface area (Å²) in [6.45, 7) is -0.131. The van der Waals surface area contributed by atoms with Crippen molar-refractivity contribution in [2.24, 2.45) is 5.10 Å². The van der Waals surface area contributed by atoms with E-state index < -0.39 is 0 Å². The minimum atomic E-state index is -0.352. The first-order valence-corrected chi connectivity index (χ1v) is 6.22. The lowest BCUT2D eigenvalue weighted by Gasteiger charge is -2.04. The van der Waals surface area contributed by atoms with Gasteiger partial charge in [-0.25, -0.2) is 5.43 Å². The Hall–Kier alpha value is -2.40. The number of aromatic nitrogens is 1. The number of rotatable bonds is 5. The second-order valence-electron chi connectivity index (χ2n) is 3.82. The van der Waals surface area contributed by atoms with Gasteiger partial charge in [-0.2, -0.15) is 5.10 Å². The smallest absolute Gasteiger partial charge is 0.277 e. The number of benzene rings is 1. The molecule has 0 unspecified atom stereocenters. The zero-order valence-corrected chi connectivity index (χ0v) is 11.2. The third-order valence-corrected chi connectivity index (χ3v) is 2.51. The fourth-order valence-corrected chi connectivity index (χ4v) is 1.55. The molecule has 0 bridgehead atoms. The number of pyridine rings is 1. The first kappa shape index (κ1) is 14.0. The van der Waals surface area contributed by atoms with Crippen molar-refractivity contribution in [3.63, 3.8) is 0 Å². The first-order valence-electron chi connectivity index (χ1n) is 5.84. The average molecular weight is 290 g/mol. The van der Waals surface area contributed by atoms with Gasteiger partial charge in [0.1, 0.15) is 5.75 Å². The molecule has 0 aliphatic carbocycles. The van der Waals surface area contributed by atoms with Crippen molar-refractivity contribution >= 4 is 23.7 Å². The van der Waals surface area contributed by atoms with Crippen molar-refractivity contribution in [2.45, 2.75) is 0 Å². The van der Waals surface area contributed by atoms with Crippen molar-refractivity contribution in [3.05, 3.63) is 59.4 Å². The normalized spacial score (nSPS) is 10.4. The van der Waals surface area contributed by atoms with Crippen LogP contribution in [0.15, 0.2) is 53.9 Å². The van der Waals surface area contributed by atoms with E-state index in [4.69, 9.17) is 16.3 Å². The summed E-state index contributed by atoms with van der Waals surface area (Å²) in [4.78, 5) is 15.4. The second kappa shape index (κ2) is 7.25. The summed E-state index contributed by atoms with van der Waals surface area (Å²) in [6.07, 6.45) is 4.82. The molecular formula is C14H12ClN3O2. The zero-order chi connectivity index (χ0) is 14.2. The highest BCUT2D eigenvalue weighted by Crippen LogP contribution is 2.16. The van der Waals surface area contributed by atoms with Gasteiger partial charge in [-0.15, -0.1) is 0 Å². The lowest BCUT2D eigenvalue weighted by atomic mass is 10.3. The van der Waals surface area contributed by atoms with Crippen molar-refractivity contribution in [1.29, 1.82) is 0 Å². The standard InChI is InChI=1S/C14H12ClN3O2/c15-12-2-1-3-13(8-12)20-10-14(19)18-17-9-11-4-6-16-7-5-11/h1-9H,10H2,(H,18,19)/b17-9+. The molecule has 0 aliphatic heterocycles. The molecule has 2 aromatic rings. The summed E-state index contributed by atoms with van der Waals surface area (Å²) in [5, 5.41) is 4.37. The lowest BCUT2D eigenvalue weighted by molar-refractivity contribution is -0.123. The Balaban J connectivity index is 1.77. The van der Waals surface area contributed by atoms with Crippen LogP contribution >= 0.6 is 11.6 Å². The maximum atomic E-state index is 11.5. The molecule has 1 aromatic heterocycles. The number of halogens is 1. The molecule has 20 heavy (non-hydrogen) atoms. The molecule has 1 heterocycles. The minimum absolute atomic E-state index is 0.131. The van der Waals surface area contributed by atoms with Gasteiger partial charge in [0.2, 0.25) is 0 Å². The minimum Gasteiger partial charge on any atom is -0.484 e. The zero-order valence-electron chi connectivity index (χ0n) is 10.5. The van der Waals surface area contributed by atoms with Crippen molar-refractivity contribution in [2.75, 3.05) is 6.61 Å². The van der Waals surface area contributed by atoms with Gasteiger partial charge in [-0.3, -0.25) is 9.78 Å². The van der Waals surface area contributed by atoms with E-state index in [1.54, 1.807) is 48.8 Å². The second-order valence-corrected chi connectivity index (χ2v) is 4.26. The van der Waals surface area contributed by atoms with Crippen LogP contribution in [0.3, 0.4) is 0 Å². The summed E-state index contributed by atoms with van der Waals surface area (Å²) in [6, 6.07) is 10.4. The molecule has 0 atom stereocenters. The third kappa shape index (κ3) is 4.70. The number of ether oxygens (including phenoxy) is 1. The van der Waals surface area contributed by atoms with E-state index >= 15 is 0 Å². The molecule has 102 valence electrons. The van der Waals surface area contributed by atoms with Gasteiger partial charge in [0, 0.05) is 17.4 Å². The molecule has 0 saturated carbocycles. The SMILES string of the molecule is O=C(COc1cccc(Cl)c1)N/N=C/c1ccncc1. The molecule has 1 N–H and O–H groups in total. The summed E-state index contributed by atoms with van der Waals surface area (Å²) < 4.78 is 5.27. The molecule has 0 saturated heterocycles. The van der Waals surface area contributed by atoms with E-state index in [-0.39, 0.29) is 12.5 Å². The quantitative estimate of drug-likeness (QED) is 0.678. The van der Waals surface area contributed by atoms with Gasteiger partial charge in [-0.05, 0) is 35.9 Å². The number of amides is 1. The Morgan fingerprint density at radius 3 is 2.90 bits per heavy atom. The number of carbonyl (C=O) groups excluding carboxylic acids is 1. The van der Waals surface area contributed by atoms with Crippen molar-refractivity contribution < 1.29 is 9.53 Å². The van der Waals surface area contributed by atoms with Gasteiger partial charge in [0.15, 0.2) is 6.61 Å². The van der Waals surface area contributed by atoms with Crippen LogP contribution < -0.4 is 10.2 Å². The average Bonchev–Trinajstić information content (AvgIpc) is 2.46. The van der Waals surface area contributed by atoms with Gasteiger partial charge < -0.3 is 4.74 Å². The summed E-state index contributed by atoms with van der Waals surface area (Å²) in [5.74, 6) is 0.182. The summed E-state index contributed by atoms with van der Waals surface area (Å²) >= 11 is 5.80. The van der Waals surface area contributed by atoms with Crippen LogP contribution in [0.2, 0.25) is 5.02 Å². The predicted octanol–water partition coefficient (Wildman–Crippen LogP) is 2.26. The molecule has 0 radical (unpaired) electrons. The lowest BCUT2D eigenvalue weighted by Crippen LogP contribution is -2.24. The largest absolute Gasteiger partial charge is 0.484 e. The number of hydrogen-bond acceptors (Lipinski definition) is 4. The number of carbonyl (C=O) groups is 1. The molecular weight excluding hydrogens is 278 g/mol. The van der Waals surface area contributed by atoms with Crippen LogP contribution in [0.4, 0.5) is 0 Å². The molecule has 2 rings (SSSR count). The maximum Gasteiger partial charge on any atom is 0.277 e. The highest BCUT2D eigenvalue weighted by molar-refractivity contribution is 6.30. The van der Waals surface area contributed by atoms with Crippen LogP contribution in [-0.2, 0) is 4.79 Å². The van der Waals surface area contributed by atoms with E-state index in [1.165, 1.54) is 6.21 Å². The Morgan fingerprint density at radius 2 is 2.15 bits per heavy atom. The number of nitrogens with zero attached hydrogens (tertiary/aromatic N) is 2. The predicted molar refractivity (Wildman–Crippen MR) is 76.9 cm³/mol. The Bertz CT molecular complexity index is 602. The fraction of sp³-hybridized carbons (Fsp3) is 0.0714. The topological polar surface area (TPSA) is 63.6 Å². The van der Waals surface area contributed by atoms with Crippen LogP contribution in [0, 0.1) is 0 Å². The summed E-state index contributed by atoms with van der Waals surface area (Å²) in [7, 11) is 0. The first-order chi connectivity index (χ1) is 9.74. The van der Waals surface area contributed by atoms with E-state index in [0.717, 1.165) is 5.56 Å². The van der Waals surface area contributed by atoms with Crippen LogP contribution in [0.5, 0.6) is 5.75 Å². The number of nitrogens with one attached hydrogen (secondary N) is 1. The van der Waals surface area contributed by atoms with Gasteiger partial charge in [0.25, 0.3) is 5.91 Å². The fourth-order valence-electron chi connectivity index (χ4n) is 1.37. The Morgan fingerprint density at radius 1 is 1.35 bits per heavy atom. The molecule has 5 nitrogen and oxygen atoms in total. The van der Waals surface area contributed by atoms with Gasteiger partial charge in [0.05, 0.1) is 6.21 Å². The Labute approximate surface area is 121 Å². The number of hydrazone groups is 1. The van der Waals surface area contributed by atoms with Crippen LogP contribution in [0.1, 0.15) is 5.56 Å². The molecule has 0 spiro atoms. The number of hydrogen-bond donors (Lipinski definition) is 1. The van der Waals surface area contributed by atoms with E-state index in [0.29, 0.717) is 10.8 Å². The summed E-state index contributed by atoms with van der Waals surface area (Å²) in [5.41, 5.74) is 3.21. The van der Waals surface area contributed by atoms with Crippen LogP contribution in [0.25, 0.3) is 0 Å². The highest BCUT2D eigenvalue weighted by atomic mass is 35.5. The Kier molecular flexibility index (Phi) is 5.08. The molecule has 0 fully saturated rings. The molecule has 1 amide bonds. The van der Waals surface area contributed by atoms with Gasteiger partial charge in [-0.1, -0.05) is 17.7 Å². The van der Waals surface area contributed by atoms with Crippen LogP contribution in [-0.4, -0.2) is 23.7 Å². The van der Waals surface area contributed by atoms with Crippen molar-refractivity contribution in [1.82, 2.24) is 10.4 Å². The van der Waals surface area contributed by atoms with Gasteiger partial charge >= 0.3 is 0 Å². The highest BCUT2D eigenvalue weighted by Gasteiger charge is 2.01. The maximum absolute atomic E-state index is 11.5. The molecule has 1 aromatic carbocycles. The molecule has 6 heteroatoms.